The van der Waals surface area contributed by atoms with E-state index in [0.29, 0.717) is 34.9 Å². The number of aryl methyl sites for hydroxylation is 1. The van der Waals surface area contributed by atoms with Gasteiger partial charge in [-0.3, -0.25) is 38.7 Å². The molecule has 1 atom stereocenters. The maximum atomic E-state index is 13.8. The summed E-state index contributed by atoms with van der Waals surface area (Å²) in [6.07, 6.45) is 7.97. The van der Waals surface area contributed by atoms with Gasteiger partial charge < -0.3 is 26.6 Å². The molecule has 3 aliphatic heterocycles. The molecule has 18 heteroatoms. The van der Waals surface area contributed by atoms with Crippen LogP contribution < -0.4 is 32.7 Å². The van der Waals surface area contributed by atoms with E-state index < -0.39 is 30.0 Å². The number of imidazole rings is 1. The van der Waals surface area contributed by atoms with Crippen molar-refractivity contribution >= 4 is 46.4 Å². The standard InChI is InChI=1S/C43H54F2N12O4/c1-53-38-29(7-5-9-33(38)57(43(53)61)34-14-15-36(58)52-42(34)60)8-6-18-54-21-23-55(24-22-54)27-28-10-12-30(13-11-28)49-26-32(37(47)39(44)45)50-41(59)31(25-46)40-48-17-16-35(51-40)56-19-3-2-4-20-56/h5,7,9,16-17,25-26,28,30,34,39H,2-4,10-15,18-24,27,46-47H2,1H3,(H,50,59)(H,52,58,60)/b31-25+,37-32+,49-26?. The van der Waals surface area contributed by atoms with Gasteiger partial charge in [-0.25, -0.2) is 23.5 Å². The molecule has 0 radical (unpaired) electrons. The van der Waals surface area contributed by atoms with E-state index in [1.54, 1.807) is 25.4 Å². The molecule has 1 aliphatic carbocycles. The molecule has 6 N–H and O–H groups in total. The quantitative estimate of drug-likeness (QED) is 0.0956. The fourth-order valence-electron chi connectivity index (χ4n) is 8.68. The number of nitrogens with two attached hydrogens (primary N) is 2. The topological polar surface area (TPSA) is 202 Å². The van der Waals surface area contributed by atoms with Crippen molar-refractivity contribution in [1.29, 1.82) is 0 Å². The zero-order valence-corrected chi connectivity index (χ0v) is 34.5. The predicted octanol–water partition coefficient (Wildman–Crippen LogP) is 2.25. The summed E-state index contributed by atoms with van der Waals surface area (Å²) in [7, 11) is 1.67. The zero-order valence-electron chi connectivity index (χ0n) is 34.5. The number of piperidine rings is 2. The van der Waals surface area contributed by atoms with E-state index in [1.165, 1.54) is 15.3 Å². The van der Waals surface area contributed by atoms with Gasteiger partial charge in [-0.1, -0.05) is 17.9 Å². The Balaban J connectivity index is 0.883. The lowest BCUT2D eigenvalue weighted by Crippen LogP contribution is -2.48. The Morgan fingerprint density at radius 2 is 1.75 bits per heavy atom. The Morgan fingerprint density at radius 1 is 1.02 bits per heavy atom. The lowest BCUT2D eigenvalue weighted by atomic mass is 9.86. The fourth-order valence-corrected chi connectivity index (χ4v) is 8.68. The Kier molecular flexibility index (Phi) is 13.9. The summed E-state index contributed by atoms with van der Waals surface area (Å²) < 4.78 is 30.6. The number of fused-ring (bicyclic) bond motifs is 1. The number of imide groups is 1. The van der Waals surface area contributed by atoms with Crippen LogP contribution >= 0.6 is 0 Å². The second-order valence-corrected chi connectivity index (χ2v) is 16.2. The van der Waals surface area contributed by atoms with E-state index in [2.05, 4.69) is 52.1 Å². The Bertz CT molecular complexity index is 2320. The Morgan fingerprint density at radius 3 is 2.46 bits per heavy atom. The second kappa shape index (κ2) is 19.6. The van der Waals surface area contributed by atoms with E-state index in [-0.39, 0.29) is 47.6 Å². The van der Waals surface area contributed by atoms with Crippen molar-refractivity contribution in [3.8, 4) is 11.8 Å². The van der Waals surface area contributed by atoms with Gasteiger partial charge in [-0.05, 0) is 75.5 Å². The Labute approximate surface area is 353 Å². The highest BCUT2D eigenvalue weighted by Gasteiger charge is 2.32. The number of para-hydroxylation sites is 1. The molecule has 4 fully saturated rings. The van der Waals surface area contributed by atoms with Crippen LogP contribution in [0.15, 0.2) is 57.8 Å². The fraction of sp³-hybridized carbons (Fsp3) is 0.512. The summed E-state index contributed by atoms with van der Waals surface area (Å²) in [5, 5.41) is 4.83. The molecule has 1 aromatic carbocycles. The third-order valence-corrected chi connectivity index (χ3v) is 12.1. The van der Waals surface area contributed by atoms with Crippen molar-refractivity contribution < 1.29 is 23.2 Å². The Hall–Kier alpha value is -5.93. The number of allylic oxidation sites excluding steroid dienone is 2. The van der Waals surface area contributed by atoms with Crippen LogP contribution in [0.3, 0.4) is 0 Å². The molecule has 3 saturated heterocycles. The van der Waals surface area contributed by atoms with E-state index in [1.807, 2.05) is 12.1 Å². The first-order valence-electron chi connectivity index (χ1n) is 21.1. The van der Waals surface area contributed by atoms with Crippen molar-refractivity contribution in [2.45, 2.75) is 76.3 Å². The number of hydrogen-bond donors (Lipinski definition) is 4. The molecule has 3 aromatic rings. The van der Waals surface area contributed by atoms with Crippen LogP contribution in [-0.2, 0) is 21.4 Å². The number of anilines is 1. The van der Waals surface area contributed by atoms with Crippen molar-refractivity contribution in [3.05, 3.63) is 69.9 Å². The summed E-state index contributed by atoms with van der Waals surface area (Å²) in [5.74, 6) is 6.23. The van der Waals surface area contributed by atoms with Gasteiger partial charge in [-0.2, -0.15) is 0 Å². The zero-order chi connectivity index (χ0) is 43.0. The average molecular weight is 841 g/mol. The smallest absolute Gasteiger partial charge is 0.329 e. The van der Waals surface area contributed by atoms with Gasteiger partial charge in [-0.15, -0.1) is 0 Å². The summed E-state index contributed by atoms with van der Waals surface area (Å²) in [6, 6.07) is 6.43. The lowest BCUT2D eigenvalue weighted by Gasteiger charge is -2.37. The normalized spacial score (nSPS) is 22.6. The molecule has 324 valence electrons. The van der Waals surface area contributed by atoms with Crippen LogP contribution in [0.25, 0.3) is 16.6 Å². The maximum Gasteiger partial charge on any atom is 0.329 e. The SMILES string of the molecule is Cn1c(=O)n(C2CCC(=O)NC2=O)c2cccc(C#CCN3CCN(CC4CCC(N=C/C(NC(=O)/C(=C/N)c5nccc(N6CCCCC6)n5)=C(\N)C(F)F)CC4)CC3)c21. The van der Waals surface area contributed by atoms with Crippen LogP contribution in [-0.4, -0.2) is 118 Å². The number of rotatable bonds is 11. The molecule has 1 saturated carbocycles. The number of carbonyl (C=O) groups excluding carboxylic acids is 3. The van der Waals surface area contributed by atoms with Gasteiger partial charge in [0.05, 0.1) is 40.5 Å². The van der Waals surface area contributed by atoms with Crippen molar-refractivity contribution in [3.63, 3.8) is 0 Å². The number of aromatic nitrogens is 4. The van der Waals surface area contributed by atoms with Crippen LogP contribution in [0, 0.1) is 17.8 Å². The van der Waals surface area contributed by atoms with Crippen molar-refractivity contribution in [1.82, 2.24) is 39.5 Å². The summed E-state index contributed by atoms with van der Waals surface area (Å²) in [6.45, 7) is 6.78. The number of carbonyl (C=O) groups is 3. The van der Waals surface area contributed by atoms with Crippen LogP contribution in [0.2, 0.25) is 0 Å². The number of piperazine rings is 1. The summed E-state index contributed by atoms with van der Waals surface area (Å²) >= 11 is 0. The number of hydrogen-bond acceptors (Lipinski definition) is 12. The molecular formula is C43H54F2N12O4. The molecule has 3 amide bonds. The minimum absolute atomic E-state index is 0.0653. The van der Waals surface area contributed by atoms with Crippen LogP contribution in [0.4, 0.5) is 14.6 Å². The maximum absolute atomic E-state index is 13.8. The van der Waals surface area contributed by atoms with E-state index in [4.69, 9.17) is 11.5 Å². The molecular weight excluding hydrogens is 787 g/mol. The highest BCUT2D eigenvalue weighted by molar-refractivity contribution is 6.19. The number of aliphatic imine (C=N–C) groups is 1. The summed E-state index contributed by atoms with van der Waals surface area (Å²) in [5.41, 5.74) is 12.1. The first-order chi connectivity index (χ1) is 29.5. The average Bonchev–Trinajstić information content (AvgIpc) is 3.52. The molecule has 5 heterocycles. The highest BCUT2D eigenvalue weighted by Crippen LogP contribution is 2.28. The number of nitrogens with zero attached hydrogens (tertiary/aromatic N) is 8. The molecule has 61 heavy (non-hydrogen) atoms. The molecule has 2 aromatic heterocycles. The molecule has 4 aliphatic rings. The molecule has 0 bridgehead atoms. The van der Waals surface area contributed by atoms with Gasteiger partial charge in [0.15, 0.2) is 5.82 Å². The first-order valence-corrected chi connectivity index (χ1v) is 21.1. The highest BCUT2D eigenvalue weighted by atomic mass is 19.3. The first kappa shape index (κ1) is 43.2. The predicted molar refractivity (Wildman–Crippen MR) is 228 cm³/mol. The van der Waals surface area contributed by atoms with Crippen molar-refractivity contribution in [2.75, 3.05) is 57.3 Å². The van der Waals surface area contributed by atoms with E-state index in [0.717, 1.165) is 97.0 Å². The number of nitrogens with one attached hydrogen (secondary N) is 2. The van der Waals surface area contributed by atoms with Gasteiger partial charge >= 0.3 is 5.69 Å². The van der Waals surface area contributed by atoms with E-state index in [9.17, 15) is 28.0 Å². The molecule has 7 rings (SSSR count). The van der Waals surface area contributed by atoms with Crippen molar-refractivity contribution in [2.24, 2.45) is 29.4 Å². The van der Waals surface area contributed by atoms with Gasteiger partial charge in [0.2, 0.25) is 11.8 Å². The minimum atomic E-state index is -3.01. The van der Waals surface area contributed by atoms with Crippen LogP contribution in [0.5, 0.6) is 0 Å². The van der Waals surface area contributed by atoms with Crippen LogP contribution in [0.1, 0.15) is 75.2 Å². The third-order valence-electron chi connectivity index (χ3n) is 12.1. The number of alkyl halides is 2. The third kappa shape index (κ3) is 10.2. The molecule has 0 spiro atoms. The van der Waals surface area contributed by atoms with Gasteiger partial charge in [0, 0.05) is 77.9 Å². The molecule has 1 unspecified atom stereocenters. The van der Waals surface area contributed by atoms with E-state index >= 15 is 0 Å². The summed E-state index contributed by atoms with van der Waals surface area (Å²) in [4.78, 5) is 71.2. The van der Waals surface area contributed by atoms with Gasteiger partial charge in [0.25, 0.3) is 12.3 Å². The number of halogens is 2. The largest absolute Gasteiger partial charge is 0.404 e. The minimum Gasteiger partial charge on any atom is -0.404 e. The second-order valence-electron chi connectivity index (χ2n) is 16.2. The molecule has 16 nitrogen and oxygen atoms in total. The lowest BCUT2D eigenvalue weighted by molar-refractivity contribution is -0.135. The monoisotopic (exact) mass is 840 g/mol. The number of benzene rings is 1. The number of amides is 3. The van der Waals surface area contributed by atoms with Gasteiger partial charge in [0.1, 0.15) is 17.6 Å².